The Labute approximate surface area is 147 Å². The van der Waals surface area contributed by atoms with E-state index >= 15 is 0 Å². The van der Waals surface area contributed by atoms with E-state index in [2.05, 4.69) is 10.3 Å². The van der Waals surface area contributed by atoms with E-state index in [1.807, 2.05) is 30.3 Å². The van der Waals surface area contributed by atoms with Gasteiger partial charge < -0.3 is 9.88 Å². The molecule has 1 N–H and O–H groups in total. The smallest absolute Gasteiger partial charge is 0.262 e. The van der Waals surface area contributed by atoms with E-state index in [1.165, 1.54) is 16.8 Å². The molecule has 0 saturated carbocycles. The van der Waals surface area contributed by atoms with Crippen LogP contribution in [0.15, 0.2) is 47.9 Å². The molecule has 2 aromatic rings. The molecule has 0 spiro atoms. The van der Waals surface area contributed by atoms with Crippen molar-refractivity contribution in [1.29, 1.82) is 0 Å². The lowest BCUT2D eigenvalue weighted by Crippen LogP contribution is -2.45. The van der Waals surface area contributed by atoms with E-state index in [9.17, 15) is 13.2 Å². The zero-order chi connectivity index (χ0) is 17.9. The summed E-state index contributed by atoms with van der Waals surface area (Å²) in [6.45, 7) is 1.06. The Morgan fingerprint density at radius 3 is 2.76 bits per heavy atom. The van der Waals surface area contributed by atoms with Gasteiger partial charge in [-0.2, -0.15) is 4.31 Å². The maximum atomic E-state index is 12.7. The predicted octanol–water partition coefficient (Wildman–Crippen LogP) is 1.14. The number of nitrogens with one attached hydrogen (secondary N) is 1. The minimum atomic E-state index is -3.65. The Kier molecular flexibility index (Phi) is 5.19. The van der Waals surface area contributed by atoms with Crippen molar-refractivity contribution >= 4 is 15.9 Å². The number of hydrogen-bond acceptors (Lipinski definition) is 4. The van der Waals surface area contributed by atoms with Crippen LogP contribution in [0.25, 0.3) is 0 Å². The third-order valence-corrected chi connectivity index (χ3v) is 6.10. The zero-order valence-corrected chi connectivity index (χ0v) is 14.9. The van der Waals surface area contributed by atoms with Crippen molar-refractivity contribution in [3.8, 4) is 0 Å². The maximum absolute atomic E-state index is 12.7. The number of carbonyl (C=O) groups excluding carboxylic acids is 1. The monoisotopic (exact) mass is 362 g/mol. The highest BCUT2D eigenvalue weighted by atomic mass is 32.2. The third kappa shape index (κ3) is 4.08. The topological polar surface area (TPSA) is 84.3 Å². The van der Waals surface area contributed by atoms with E-state index in [0.29, 0.717) is 25.9 Å². The Hall–Kier alpha value is -2.19. The average molecular weight is 362 g/mol. The molecule has 134 valence electrons. The van der Waals surface area contributed by atoms with E-state index < -0.39 is 10.0 Å². The lowest BCUT2D eigenvalue weighted by molar-refractivity contribution is -0.126. The number of nitrogens with zero attached hydrogens (tertiary/aromatic N) is 3. The van der Waals surface area contributed by atoms with Crippen molar-refractivity contribution in [3.05, 3.63) is 48.4 Å². The maximum Gasteiger partial charge on any atom is 0.262 e. The highest BCUT2D eigenvalue weighted by Crippen LogP contribution is 2.23. The summed E-state index contributed by atoms with van der Waals surface area (Å²) in [4.78, 5) is 16.4. The molecule has 0 unspecified atom stereocenters. The Balaban J connectivity index is 1.63. The van der Waals surface area contributed by atoms with Crippen LogP contribution in [0, 0.1) is 5.92 Å². The van der Waals surface area contributed by atoms with Crippen LogP contribution in [0.3, 0.4) is 0 Å². The van der Waals surface area contributed by atoms with Gasteiger partial charge in [-0.1, -0.05) is 30.3 Å². The first-order chi connectivity index (χ1) is 12.0. The molecular formula is C17H22N4O3S. The molecule has 1 aliphatic heterocycles. The molecule has 1 aromatic carbocycles. The summed E-state index contributed by atoms with van der Waals surface area (Å²) >= 11 is 0. The summed E-state index contributed by atoms with van der Waals surface area (Å²) in [5.74, 6) is -0.444. The third-order valence-electron chi connectivity index (χ3n) is 4.35. The van der Waals surface area contributed by atoms with Gasteiger partial charge in [-0.05, 0) is 18.4 Å². The second kappa shape index (κ2) is 7.37. The molecule has 1 atom stereocenters. The number of aromatic nitrogens is 2. The molecule has 0 radical (unpaired) electrons. The Morgan fingerprint density at radius 2 is 2.08 bits per heavy atom. The highest BCUT2D eigenvalue weighted by Gasteiger charge is 2.34. The van der Waals surface area contributed by atoms with Crippen LogP contribution in [-0.2, 0) is 28.4 Å². The van der Waals surface area contributed by atoms with Crippen LogP contribution in [0.1, 0.15) is 18.4 Å². The highest BCUT2D eigenvalue weighted by molar-refractivity contribution is 7.89. The summed E-state index contributed by atoms with van der Waals surface area (Å²) in [6, 6.07) is 9.65. The normalized spacial score (nSPS) is 18.8. The zero-order valence-electron chi connectivity index (χ0n) is 14.1. The van der Waals surface area contributed by atoms with Gasteiger partial charge in [-0.15, -0.1) is 0 Å². The van der Waals surface area contributed by atoms with Gasteiger partial charge in [0.15, 0.2) is 5.03 Å². The van der Waals surface area contributed by atoms with Crippen LogP contribution >= 0.6 is 0 Å². The van der Waals surface area contributed by atoms with E-state index in [-0.39, 0.29) is 23.4 Å². The van der Waals surface area contributed by atoms with Crippen molar-refractivity contribution in [1.82, 2.24) is 19.2 Å². The molecular weight excluding hydrogens is 340 g/mol. The number of imidazole rings is 1. The van der Waals surface area contributed by atoms with Crippen LogP contribution in [-0.4, -0.2) is 41.3 Å². The van der Waals surface area contributed by atoms with Gasteiger partial charge in [0, 0.05) is 32.9 Å². The predicted molar refractivity (Wildman–Crippen MR) is 93.0 cm³/mol. The van der Waals surface area contributed by atoms with E-state index in [0.717, 1.165) is 5.56 Å². The van der Waals surface area contributed by atoms with Gasteiger partial charge in [0.2, 0.25) is 5.91 Å². The van der Waals surface area contributed by atoms with Gasteiger partial charge >= 0.3 is 0 Å². The molecule has 0 bridgehead atoms. The second-order valence-corrected chi connectivity index (χ2v) is 8.17. The average Bonchev–Trinajstić information content (AvgIpc) is 3.08. The molecule has 1 fully saturated rings. The van der Waals surface area contributed by atoms with Gasteiger partial charge in [0.25, 0.3) is 10.0 Å². The van der Waals surface area contributed by atoms with Crippen LogP contribution in [0.2, 0.25) is 0 Å². The standard InChI is InChI=1S/C17H22N4O3S/c1-20-12-16(19-13-20)25(23,24)21-9-5-8-15(11-21)17(22)18-10-14-6-3-2-4-7-14/h2-4,6-7,12-13,15H,5,8-11H2,1H3,(H,18,22)/t15-/m1/s1. The van der Waals surface area contributed by atoms with Gasteiger partial charge in [-0.3, -0.25) is 4.79 Å². The first kappa shape index (κ1) is 17.6. The fraction of sp³-hybridized carbons (Fsp3) is 0.412. The second-order valence-electron chi connectivity index (χ2n) is 6.28. The quantitative estimate of drug-likeness (QED) is 0.864. The summed E-state index contributed by atoms with van der Waals surface area (Å²) < 4.78 is 28.3. The molecule has 3 rings (SSSR count). The minimum Gasteiger partial charge on any atom is -0.352 e. The van der Waals surface area contributed by atoms with Crippen LogP contribution < -0.4 is 5.32 Å². The fourth-order valence-corrected chi connectivity index (χ4v) is 4.45. The number of hydrogen-bond donors (Lipinski definition) is 1. The lowest BCUT2D eigenvalue weighted by atomic mass is 9.99. The molecule has 1 aromatic heterocycles. The largest absolute Gasteiger partial charge is 0.352 e. The van der Waals surface area contributed by atoms with E-state index in [1.54, 1.807) is 11.6 Å². The summed E-state index contributed by atoms with van der Waals surface area (Å²) in [7, 11) is -1.93. The van der Waals surface area contributed by atoms with Crippen LogP contribution in [0.5, 0.6) is 0 Å². The van der Waals surface area contributed by atoms with Crippen molar-refractivity contribution in [2.24, 2.45) is 13.0 Å². The van der Waals surface area contributed by atoms with Crippen molar-refractivity contribution in [3.63, 3.8) is 0 Å². The minimum absolute atomic E-state index is 0.0281. The molecule has 7 nitrogen and oxygen atoms in total. The number of sulfonamides is 1. The molecule has 25 heavy (non-hydrogen) atoms. The van der Waals surface area contributed by atoms with Crippen molar-refractivity contribution in [2.45, 2.75) is 24.4 Å². The molecule has 0 aliphatic carbocycles. The number of rotatable bonds is 5. The number of carbonyl (C=O) groups is 1. The number of amides is 1. The molecule has 1 saturated heterocycles. The van der Waals surface area contributed by atoms with Gasteiger partial charge in [0.1, 0.15) is 0 Å². The van der Waals surface area contributed by atoms with Crippen LogP contribution in [0.4, 0.5) is 0 Å². The number of benzene rings is 1. The number of aryl methyl sites for hydroxylation is 1. The summed E-state index contributed by atoms with van der Waals surface area (Å²) in [5.41, 5.74) is 1.02. The molecule has 1 aliphatic rings. The molecule has 1 amide bonds. The fourth-order valence-electron chi connectivity index (χ4n) is 2.96. The van der Waals surface area contributed by atoms with Gasteiger partial charge in [-0.25, -0.2) is 13.4 Å². The Morgan fingerprint density at radius 1 is 1.32 bits per heavy atom. The molecule has 2 heterocycles. The Bertz CT molecular complexity index is 833. The first-order valence-corrected chi connectivity index (χ1v) is 9.70. The van der Waals surface area contributed by atoms with Gasteiger partial charge in [0.05, 0.1) is 12.2 Å². The number of piperidine rings is 1. The molecule has 8 heteroatoms. The van der Waals surface area contributed by atoms with E-state index in [4.69, 9.17) is 0 Å². The lowest BCUT2D eigenvalue weighted by Gasteiger charge is -2.30. The first-order valence-electron chi connectivity index (χ1n) is 8.26. The summed E-state index contributed by atoms with van der Waals surface area (Å²) in [6.07, 6.45) is 4.29. The SMILES string of the molecule is Cn1cnc(S(=O)(=O)N2CCC[C@@H](C(=O)NCc3ccccc3)C2)c1. The van der Waals surface area contributed by atoms with Crippen molar-refractivity contribution in [2.75, 3.05) is 13.1 Å². The van der Waals surface area contributed by atoms with Crippen molar-refractivity contribution < 1.29 is 13.2 Å². The summed E-state index contributed by atoms with van der Waals surface area (Å²) in [5, 5.41) is 2.93.